The van der Waals surface area contributed by atoms with E-state index in [1.807, 2.05) is 18.2 Å². The van der Waals surface area contributed by atoms with E-state index in [0.29, 0.717) is 17.0 Å². The van der Waals surface area contributed by atoms with E-state index in [9.17, 15) is 14.4 Å². The van der Waals surface area contributed by atoms with Crippen LogP contribution in [0.4, 0.5) is 0 Å². The van der Waals surface area contributed by atoms with Gasteiger partial charge in [0.2, 0.25) is 0 Å². The topological polar surface area (TPSA) is 96.9 Å². The van der Waals surface area contributed by atoms with Gasteiger partial charge in [-0.25, -0.2) is 4.68 Å². The normalized spacial score (nSPS) is 10.8. The van der Waals surface area contributed by atoms with Gasteiger partial charge in [-0.05, 0) is 26.0 Å². The molecule has 2 heterocycles. The number of nitrogens with zero attached hydrogens (tertiary/aromatic N) is 2. The highest BCUT2D eigenvalue weighted by atomic mass is 16.2. The zero-order chi connectivity index (χ0) is 18.0. The van der Waals surface area contributed by atoms with Crippen LogP contribution in [0.3, 0.4) is 0 Å². The van der Waals surface area contributed by atoms with Gasteiger partial charge in [0.1, 0.15) is 0 Å². The molecular weight excluding hydrogens is 320 g/mol. The van der Waals surface area contributed by atoms with E-state index in [1.54, 1.807) is 26.0 Å². The molecule has 3 aromatic rings. The summed E-state index contributed by atoms with van der Waals surface area (Å²) < 4.78 is 1.26. The van der Waals surface area contributed by atoms with Gasteiger partial charge in [0.05, 0.1) is 17.8 Å². The Labute approximate surface area is 143 Å². The van der Waals surface area contributed by atoms with Crippen LogP contribution in [-0.2, 0) is 11.3 Å². The zero-order valence-electron chi connectivity index (χ0n) is 14.0. The molecule has 3 rings (SSSR count). The lowest BCUT2D eigenvalue weighted by Gasteiger charge is -2.07. The molecule has 0 aliphatic rings. The average molecular weight is 338 g/mol. The smallest absolute Gasteiger partial charge is 0.292 e. The number of aryl methyl sites for hydroxylation is 2. The summed E-state index contributed by atoms with van der Waals surface area (Å²) in [5.74, 6) is -1.30. The largest absolute Gasteiger partial charge is 0.358 e. The quantitative estimate of drug-likeness (QED) is 0.542. The van der Waals surface area contributed by atoms with Gasteiger partial charge < -0.3 is 10.3 Å². The molecular formula is C18H18N4O3. The molecule has 25 heavy (non-hydrogen) atoms. The molecule has 2 aromatic heterocycles. The predicted octanol–water partition coefficient (Wildman–Crippen LogP) is 1.34. The number of nitrogens with one attached hydrogen (secondary N) is 2. The number of Topliss-reactive ketones (excluding diaryl/α,β-unsaturated/α-hetero) is 1. The number of aromatic amines is 1. The van der Waals surface area contributed by atoms with Crippen LogP contribution >= 0.6 is 0 Å². The van der Waals surface area contributed by atoms with Crippen LogP contribution in [0.1, 0.15) is 21.7 Å². The van der Waals surface area contributed by atoms with E-state index in [4.69, 9.17) is 0 Å². The van der Waals surface area contributed by atoms with Crippen molar-refractivity contribution in [2.75, 3.05) is 6.54 Å². The lowest BCUT2D eigenvalue weighted by atomic mass is 10.1. The Balaban J connectivity index is 1.70. The lowest BCUT2D eigenvalue weighted by Crippen LogP contribution is -2.36. The SMILES string of the molecule is Cc1ccc(=O)n(CCNC(=O)C(=O)c2c(C)[nH]c3ccccc23)n1. The third kappa shape index (κ3) is 3.35. The Morgan fingerprint density at radius 3 is 2.72 bits per heavy atom. The van der Waals surface area contributed by atoms with Gasteiger partial charge in [0.25, 0.3) is 17.2 Å². The Kier molecular flexibility index (Phi) is 4.47. The number of para-hydroxylation sites is 1. The Bertz CT molecular complexity index is 1020. The average Bonchev–Trinajstić information content (AvgIpc) is 2.92. The maximum atomic E-state index is 12.5. The Morgan fingerprint density at radius 1 is 1.16 bits per heavy atom. The first-order chi connectivity index (χ1) is 12.0. The summed E-state index contributed by atoms with van der Waals surface area (Å²) in [7, 11) is 0. The van der Waals surface area contributed by atoms with Crippen molar-refractivity contribution in [3.63, 3.8) is 0 Å². The minimum Gasteiger partial charge on any atom is -0.358 e. The number of hydrogen-bond donors (Lipinski definition) is 2. The molecule has 128 valence electrons. The standard InChI is InChI=1S/C18H18N4O3/c1-11-7-8-15(23)22(21-11)10-9-19-18(25)17(24)16-12(2)20-14-6-4-3-5-13(14)16/h3-8,20H,9-10H2,1-2H3,(H,19,25). The lowest BCUT2D eigenvalue weighted by molar-refractivity contribution is -0.117. The molecule has 1 amide bonds. The predicted molar refractivity (Wildman–Crippen MR) is 93.6 cm³/mol. The van der Waals surface area contributed by atoms with Crippen molar-refractivity contribution in [1.82, 2.24) is 20.1 Å². The minimum absolute atomic E-state index is 0.141. The van der Waals surface area contributed by atoms with Gasteiger partial charge in [-0.2, -0.15) is 5.10 Å². The maximum Gasteiger partial charge on any atom is 0.292 e. The molecule has 0 saturated carbocycles. The third-order valence-electron chi connectivity index (χ3n) is 3.94. The summed E-state index contributed by atoms with van der Waals surface area (Å²) in [4.78, 5) is 39.5. The summed E-state index contributed by atoms with van der Waals surface area (Å²) in [5, 5.41) is 7.36. The number of amides is 1. The number of fused-ring (bicyclic) bond motifs is 1. The van der Waals surface area contributed by atoms with Gasteiger partial charge in [0, 0.05) is 29.2 Å². The van der Waals surface area contributed by atoms with E-state index >= 15 is 0 Å². The van der Waals surface area contributed by atoms with E-state index < -0.39 is 11.7 Å². The second-order valence-corrected chi connectivity index (χ2v) is 5.79. The highest BCUT2D eigenvalue weighted by molar-refractivity contribution is 6.45. The van der Waals surface area contributed by atoms with Crippen LogP contribution in [0, 0.1) is 13.8 Å². The van der Waals surface area contributed by atoms with E-state index in [-0.39, 0.29) is 18.6 Å². The first kappa shape index (κ1) is 16.6. The number of aromatic nitrogens is 3. The molecule has 0 saturated heterocycles. The molecule has 0 aliphatic heterocycles. The fraction of sp³-hybridized carbons (Fsp3) is 0.222. The summed E-state index contributed by atoms with van der Waals surface area (Å²) >= 11 is 0. The molecule has 1 aromatic carbocycles. The first-order valence-corrected chi connectivity index (χ1v) is 7.92. The van der Waals surface area contributed by atoms with E-state index in [1.165, 1.54) is 10.7 Å². The Hall–Kier alpha value is -3.22. The van der Waals surface area contributed by atoms with E-state index in [0.717, 1.165) is 10.9 Å². The molecule has 0 spiro atoms. The monoisotopic (exact) mass is 338 g/mol. The van der Waals surface area contributed by atoms with Crippen LogP contribution in [0.15, 0.2) is 41.2 Å². The van der Waals surface area contributed by atoms with Crippen molar-refractivity contribution in [3.05, 3.63) is 63.7 Å². The zero-order valence-corrected chi connectivity index (χ0v) is 14.0. The van der Waals surface area contributed by atoms with Crippen LogP contribution in [0.5, 0.6) is 0 Å². The fourth-order valence-electron chi connectivity index (χ4n) is 2.75. The number of carbonyl (C=O) groups is 2. The molecule has 0 atom stereocenters. The number of carbonyl (C=O) groups excluding carboxylic acids is 2. The van der Waals surface area contributed by atoms with Gasteiger partial charge >= 0.3 is 0 Å². The third-order valence-corrected chi connectivity index (χ3v) is 3.94. The van der Waals surface area contributed by atoms with Crippen LogP contribution in [-0.4, -0.2) is 33.0 Å². The van der Waals surface area contributed by atoms with Crippen molar-refractivity contribution in [3.8, 4) is 0 Å². The number of benzene rings is 1. The maximum absolute atomic E-state index is 12.5. The molecule has 2 N–H and O–H groups in total. The molecule has 0 aliphatic carbocycles. The van der Waals surface area contributed by atoms with Crippen molar-refractivity contribution in [2.24, 2.45) is 0 Å². The molecule has 0 fully saturated rings. The van der Waals surface area contributed by atoms with Crippen molar-refractivity contribution in [1.29, 1.82) is 0 Å². The van der Waals surface area contributed by atoms with Crippen molar-refractivity contribution in [2.45, 2.75) is 20.4 Å². The van der Waals surface area contributed by atoms with Gasteiger partial charge in [-0.1, -0.05) is 18.2 Å². The summed E-state index contributed by atoms with van der Waals surface area (Å²) in [6.45, 7) is 3.88. The Morgan fingerprint density at radius 2 is 1.92 bits per heavy atom. The second-order valence-electron chi connectivity index (χ2n) is 5.79. The van der Waals surface area contributed by atoms with Gasteiger partial charge in [-0.15, -0.1) is 0 Å². The van der Waals surface area contributed by atoms with Crippen molar-refractivity contribution < 1.29 is 9.59 Å². The molecule has 0 bridgehead atoms. The highest BCUT2D eigenvalue weighted by Gasteiger charge is 2.22. The van der Waals surface area contributed by atoms with Crippen molar-refractivity contribution >= 4 is 22.6 Å². The molecule has 0 radical (unpaired) electrons. The van der Waals surface area contributed by atoms with Crippen LogP contribution in [0.2, 0.25) is 0 Å². The minimum atomic E-state index is -0.700. The summed E-state index contributed by atoms with van der Waals surface area (Å²) in [5.41, 5.74) is 2.29. The van der Waals surface area contributed by atoms with Crippen LogP contribution in [0.25, 0.3) is 10.9 Å². The number of H-pyrrole nitrogens is 1. The first-order valence-electron chi connectivity index (χ1n) is 7.92. The highest BCUT2D eigenvalue weighted by Crippen LogP contribution is 2.22. The molecule has 7 nitrogen and oxygen atoms in total. The molecule has 0 unspecified atom stereocenters. The number of rotatable bonds is 5. The van der Waals surface area contributed by atoms with Gasteiger partial charge in [0.15, 0.2) is 0 Å². The summed E-state index contributed by atoms with van der Waals surface area (Å²) in [6, 6.07) is 10.4. The van der Waals surface area contributed by atoms with E-state index in [2.05, 4.69) is 15.4 Å². The number of hydrogen-bond acceptors (Lipinski definition) is 4. The second kappa shape index (κ2) is 6.72. The summed E-state index contributed by atoms with van der Waals surface area (Å²) in [6.07, 6.45) is 0. The van der Waals surface area contributed by atoms with Gasteiger partial charge in [-0.3, -0.25) is 14.4 Å². The number of ketones is 1. The fourth-order valence-corrected chi connectivity index (χ4v) is 2.75. The molecule has 7 heteroatoms. The van der Waals surface area contributed by atoms with Crippen LogP contribution < -0.4 is 10.9 Å².